The third kappa shape index (κ3) is 3.82. The molecule has 0 aliphatic rings. The molecule has 0 spiro atoms. The number of halogens is 1. The van der Waals surface area contributed by atoms with Crippen LogP contribution in [0.3, 0.4) is 0 Å². The number of nitrogens with one attached hydrogen (secondary N) is 1. The summed E-state index contributed by atoms with van der Waals surface area (Å²) >= 11 is 5.94. The van der Waals surface area contributed by atoms with Crippen LogP contribution in [0.2, 0.25) is 5.02 Å². The molecule has 100 valence electrons. The molecular weight excluding hydrogens is 254 g/mol. The molecule has 1 nitrogen and oxygen atoms in total. The van der Waals surface area contributed by atoms with Crippen LogP contribution in [-0.4, -0.2) is 13.1 Å². The quantitative estimate of drug-likeness (QED) is 0.858. The minimum Gasteiger partial charge on any atom is -0.317 e. The number of benzene rings is 2. The van der Waals surface area contributed by atoms with E-state index in [0.29, 0.717) is 12.0 Å². The van der Waals surface area contributed by atoms with E-state index < -0.39 is 0 Å². The Hall–Kier alpha value is -1.31. The van der Waals surface area contributed by atoms with Gasteiger partial charge < -0.3 is 5.32 Å². The highest BCUT2D eigenvalue weighted by atomic mass is 35.5. The molecule has 0 fully saturated rings. The molecule has 2 rings (SSSR count). The zero-order valence-corrected chi connectivity index (χ0v) is 12.2. The number of likely N-dealkylation sites (N-methyl/N-ethyl adjacent to an activating group) is 1. The summed E-state index contributed by atoms with van der Waals surface area (Å²) in [6.07, 6.45) is 1.02. The minimum atomic E-state index is 0.429. The van der Waals surface area contributed by atoms with Gasteiger partial charge in [0, 0.05) is 17.0 Å². The molecule has 0 saturated heterocycles. The van der Waals surface area contributed by atoms with Gasteiger partial charge in [0.1, 0.15) is 0 Å². The molecule has 0 heterocycles. The van der Waals surface area contributed by atoms with Crippen LogP contribution >= 0.6 is 11.6 Å². The summed E-state index contributed by atoms with van der Waals surface area (Å²) in [5.74, 6) is 0.465. The molecule has 0 aliphatic heterocycles. The zero-order valence-electron chi connectivity index (χ0n) is 11.4. The van der Waals surface area contributed by atoms with Crippen molar-refractivity contribution in [2.75, 3.05) is 7.05 Å². The van der Waals surface area contributed by atoms with Crippen LogP contribution in [0.25, 0.3) is 0 Å². The fourth-order valence-electron chi connectivity index (χ4n) is 2.36. The number of hydrogen-bond acceptors (Lipinski definition) is 1. The summed E-state index contributed by atoms with van der Waals surface area (Å²) in [6, 6.07) is 19.3. The first-order valence-corrected chi connectivity index (χ1v) is 7.05. The molecule has 0 amide bonds. The lowest BCUT2D eigenvalue weighted by Gasteiger charge is -2.24. The lowest BCUT2D eigenvalue weighted by molar-refractivity contribution is 0.491. The second kappa shape index (κ2) is 6.74. The third-order valence-corrected chi connectivity index (χ3v) is 3.91. The van der Waals surface area contributed by atoms with E-state index in [1.807, 2.05) is 19.2 Å². The molecule has 2 aromatic carbocycles. The van der Waals surface area contributed by atoms with Crippen molar-refractivity contribution in [3.8, 4) is 0 Å². The van der Waals surface area contributed by atoms with Gasteiger partial charge in [-0.2, -0.15) is 0 Å². The van der Waals surface area contributed by atoms with Crippen molar-refractivity contribution < 1.29 is 0 Å². The van der Waals surface area contributed by atoms with Gasteiger partial charge in [-0.05, 0) is 43.7 Å². The maximum absolute atomic E-state index is 5.94. The Morgan fingerprint density at radius 2 is 1.63 bits per heavy atom. The van der Waals surface area contributed by atoms with Crippen LogP contribution in [0.4, 0.5) is 0 Å². The van der Waals surface area contributed by atoms with Gasteiger partial charge in [-0.3, -0.25) is 0 Å². The Kier molecular flexibility index (Phi) is 5.00. The lowest BCUT2D eigenvalue weighted by Crippen LogP contribution is -2.30. The Morgan fingerprint density at radius 3 is 2.21 bits per heavy atom. The summed E-state index contributed by atoms with van der Waals surface area (Å²) in [7, 11) is 2.02. The minimum absolute atomic E-state index is 0.429. The maximum atomic E-state index is 5.94. The summed E-state index contributed by atoms with van der Waals surface area (Å²) in [5.41, 5.74) is 2.69. The lowest BCUT2D eigenvalue weighted by atomic mass is 9.87. The predicted octanol–water partition coefficient (Wildman–Crippen LogP) is 4.27. The standard InChI is InChI=1S/C17H20ClN/c1-13(19-2)17(15-6-4-3-5-7-15)12-14-8-10-16(18)11-9-14/h3-11,13,17,19H,12H2,1-2H3. The molecule has 2 heteroatoms. The molecular formula is C17H20ClN. The highest BCUT2D eigenvalue weighted by molar-refractivity contribution is 6.30. The molecule has 0 bridgehead atoms. The molecule has 2 aromatic rings. The summed E-state index contributed by atoms with van der Waals surface area (Å²) < 4.78 is 0. The molecule has 0 aliphatic carbocycles. The first-order chi connectivity index (χ1) is 9.20. The van der Waals surface area contributed by atoms with E-state index in [-0.39, 0.29) is 0 Å². The van der Waals surface area contributed by atoms with Gasteiger partial charge in [-0.15, -0.1) is 0 Å². The summed E-state index contributed by atoms with van der Waals surface area (Å²) in [5, 5.41) is 4.16. The fourth-order valence-corrected chi connectivity index (χ4v) is 2.49. The van der Waals surface area contributed by atoms with E-state index in [0.717, 1.165) is 11.4 Å². The third-order valence-electron chi connectivity index (χ3n) is 3.66. The van der Waals surface area contributed by atoms with E-state index >= 15 is 0 Å². The molecule has 2 unspecified atom stereocenters. The first kappa shape index (κ1) is 14.1. The molecule has 1 N–H and O–H groups in total. The van der Waals surface area contributed by atoms with Gasteiger partial charge in [0.15, 0.2) is 0 Å². The van der Waals surface area contributed by atoms with E-state index in [4.69, 9.17) is 11.6 Å². The number of hydrogen-bond donors (Lipinski definition) is 1. The van der Waals surface area contributed by atoms with Gasteiger partial charge in [-0.1, -0.05) is 54.1 Å². The van der Waals surface area contributed by atoms with Gasteiger partial charge in [-0.25, -0.2) is 0 Å². The monoisotopic (exact) mass is 273 g/mol. The average molecular weight is 274 g/mol. The van der Waals surface area contributed by atoms with E-state index in [2.05, 4.69) is 54.7 Å². The van der Waals surface area contributed by atoms with Gasteiger partial charge in [0.25, 0.3) is 0 Å². The second-order valence-electron chi connectivity index (χ2n) is 4.93. The average Bonchev–Trinajstić information content (AvgIpc) is 2.47. The van der Waals surface area contributed by atoms with Gasteiger partial charge in [0.2, 0.25) is 0 Å². The van der Waals surface area contributed by atoms with Crippen molar-refractivity contribution in [1.82, 2.24) is 5.32 Å². The van der Waals surface area contributed by atoms with Crippen molar-refractivity contribution in [2.45, 2.75) is 25.3 Å². The van der Waals surface area contributed by atoms with Crippen LogP contribution < -0.4 is 5.32 Å². The Balaban J connectivity index is 2.21. The van der Waals surface area contributed by atoms with Crippen molar-refractivity contribution in [3.05, 3.63) is 70.7 Å². The van der Waals surface area contributed by atoms with E-state index in [1.165, 1.54) is 11.1 Å². The van der Waals surface area contributed by atoms with Crippen molar-refractivity contribution >= 4 is 11.6 Å². The summed E-state index contributed by atoms with van der Waals surface area (Å²) in [6.45, 7) is 2.23. The summed E-state index contributed by atoms with van der Waals surface area (Å²) in [4.78, 5) is 0. The second-order valence-corrected chi connectivity index (χ2v) is 5.36. The Labute approximate surface area is 120 Å². The SMILES string of the molecule is CNC(C)C(Cc1ccc(Cl)cc1)c1ccccc1. The van der Waals surface area contributed by atoms with E-state index in [9.17, 15) is 0 Å². The highest BCUT2D eigenvalue weighted by Gasteiger charge is 2.18. The first-order valence-electron chi connectivity index (χ1n) is 6.67. The van der Waals surface area contributed by atoms with E-state index in [1.54, 1.807) is 0 Å². The van der Waals surface area contributed by atoms with Crippen molar-refractivity contribution in [2.24, 2.45) is 0 Å². The Bertz CT molecular complexity index is 492. The van der Waals surface area contributed by atoms with Gasteiger partial charge in [0.05, 0.1) is 0 Å². The normalized spacial score (nSPS) is 14.1. The fraction of sp³-hybridized carbons (Fsp3) is 0.294. The molecule has 0 aromatic heterocycles. The zero-order chi connectivity index (χ0) is 13.7. The topological polar surface area (TPSA) is 12.0 Å². The van der Waals surface area contributed by atoms with Crippen molar-refractivity contribution in [3.63, 3.8) is 0 Å². The molecule has 0 saturated carbocycles. The van der Waals surface area contributed by atoms with Crippen LogP contribution in [0.15, 0.2) is 54.6 Å². The molecule has 19 heavy (non-hydrogen) atoms. The smallest absolute Gasteiger partial charge is 0.0406 e. The van der Waals surface area contributed by atoms with Gasteiger partial charge >= 0.3 is 0 Å². The molecule has 2 atom stereocenters. The highest BCUT2D eigenvalue weighted by Crippen LogP contribution is 2.25. The van der Waals surface area contributed by atoms with Crippen molar-refractivity contribution in [1.29, 1.82) is 0 Å². The number of rotatable bonds is 5. The predicted molar refractivity (Wildman–Crippen MR) is 82.9 cm³/mol. The largest absolute Gasteiger partial charge is 0.317 e. The molecule has 0 radical (unpaired) electrons. The van der Waals surface area contributed by atoms with Crippen LogP contribution in [0.1, 0.15) is 24.0 Å². The van der Waals surface area contributed by atoms with Crippen LogP contribution in [-0.2, 0) is 6.42 Å². The van der Waals surface area contributed by atoms with Crippen LogP contribution in [0, 0.1) is 0 Å². The van der Waals surface area contributed by atoms with Crippen LogP contribution in [0.5, 0.6) is 0 Å². The Morgan fingerprint density at radius 1 is 1.00 bits per heavy atom. The maximum Gasteiger partial charge on any atom is 0.0406 e.